The zero-order valence-corrected chi connectivity index (χ0v) is 14.0. The molecule has 4 aromatic rings. The molecule has 0 aliphatic heterocycles. The largest absolute Gasteiger partial charge is 0.417 e. The van der Waals surface area contributed by atoms with Crippen LogP contribution in [0, 0.1) is 6.92 Å². The van der Waals surface area contributed by atoms with Crippen molar-refractivity contribution in [3.63, 3.8) is 0 Å². The summed E-state index contributed by atoms with van der Waals surface area (Å²) in [4.78, 5) is 29.0. The average molecular weight is 356 g/mol. The summed E-state index contributed by atoms with van der Waals surface area (Å²) >= 11 is 6.02. The second-order valence-corrected chi connectivity index (χ2v) is 6.32. The summed E-state index contributed by atoms with van der Waals surface area (Å²) in [6, 6.07) is 10.7. The van der Waals surface area contributed by atoms with E-state index in [0.29, 0.717) is 28.2 Å². The first-order valence-electron chi connectivity index (χ1n) is 7.68. The Bertz CT molecular complexity index is 1220. The van der Waals surface area contributed by atoms with Crippen LogP contribution in [0.3, 0.4) is 0 Å². The third kappa shape index (κ3) is 2.92. The molecule has 0 atom stereocenters. The highest BCUT2D eigenvalue weighted by Crippen LogP contribution is 2.22. The maximum Gasteiger partial charge on any atom is 0.417 e. The fraction of sp³-hybridized carbons (Fsp3) is 0.111. The zero-order chi connectivity index (χ0) is 17.6. The highest BCUT2D eigenvalue weighted by Gasteiger charge is 2.08. The van der Waals surface area contributed by atoms with Crippen LogP contribution in [0.5, 0.6) is 0 Å². The fourth-order valence-electron chi connectivity index (χ4n) is 2.83. The van der Waals surface area contributed by atoms with Crippen LogP contribution in [0.4, 0.5) is 5.69 Å². The first-order valence-corrected chi connectivity index (χ1v) is 8.06. The van der Waals surface area contributed by atoms with E-state index in [1.807, 2.05) is 19.1 Å². The van der Waals surface area contributed by atoms with Crippen molar-refractivity contribution in [3.8, 4) is 0 Å². The van der Waals surface area contributed by atoms with Crippen LogP contribution < -0.4 is 16.6 Å². The third-order valence-corrected chi connectivity index (χ3v) is 4.35. The number of hydrogen-bond acceptors (Lipinski definition) is 4. The lowest BCUT2D eigenvalue weighted by Gasteiger charge is -2.10. The van der Waals surface area contributed by atoms with Gasteiger partial charge in [-0.25, -0.2) is 4.79 Å². The van der Waals surface area contributed by atoms with Gasteiger partial charge in [0, 0.05) is 33.7 Å². The molecule has 0 aliphatic carbocycles. The van der Waals surface area contributed by atoms with Gasteiger partial charge < -0.3 is 14.7 Å². The number of hydrogen-bond donors (Lipinski definition) is 3. The molecule has 0 amide bonds. The van der Waals surface area contributed by atoms with Crippen molar-refractivity contribution in [1.82, 2.24) is 9.97 Å². The number of aromatic amines is 2. The second kappa shape index (κ2) is 5.82. The number of anilines is 1. The molecular formula is C18H14ClN3O3. The van der Waals surface area contributed by atoms with Gasteiger partial charge in [0.15, 0.2) is 5.58 Å². The summed E-state index contributed by atoms with van der Waals surface area (Å²) in [7, 11) is 0. The number of oxazole rings is 1. The molecule has 0 spiro atoms. The fourth-order valence-corrected chi connectivity index (χ4v) is 3.01. The molecule has 6 nitrogen and oxygen atoms in total. The first-order chi connectivity index (χ1) is 12.0. The van der Waals surface area contributed by atoms with E-state index in [-0.39, 0.29) is 5.56 Å². The normalized spacial score (nSPS) is 11.3. The molecule has 3 N–H and O–H groups in total. The number of aromatic nitrogens is 2. The summed E-state index contributed by atoms with van der Waals surface area (Å²) in [5.41, 5.74) is 4.02. The SMILES string of the molecule is Cc1cc2oc(=O)[nH]c2cc1NCc1cc2cc(Cl)ccc2[nH]c1=O. The molecular weight excluding hydrogens is 342 g/mol. The number of halogens is 1. The van der Waals surface area contributed by atoms with E-state index < -0.39 is 5.76 Å². The maximum absolute atomic E-state index is 12.2. The van der Waals surface area contributed by atoms with Gasteiger partial charge in [-0.15, -0.1) is 0 Å². The predicted octanol–water partition coefficient (Wildman–Crippen LogP) is 3.54. The summed E-state index contributed by atoms with van der Waals surface area (Å²) < 4.78 is 5.04. The van der Waals surface area contributed by atoms with Gasteiger partial charge in [0.2, 0.25) is 0 Å². The minimum Gasteiger partial charge on any atom is -0.408 e. The molecule has 0 radical (unpaired) electrons. The van der Waals surface area contributed by atoms with Crippen molar-refractivity contribution in [2.45, 2.75) is 13.5 Å². The van der Waals surface area contributed by atoms with E-state index in [4.69, 9.17) is 16.0 Å². The number of fused-ring (bicyclic) bond motifs is 2. The Kier molecular flexibility index (Phi) is 3.62. The van der Waals surface area contributed by atoms with Gasteiger partial charge in [-0.1, -0.05) is 11.6 Å². The van der Waals surface area contributed by atoms with Crippen LogP contribution in [0.15, 0.2) is 50.4 Å². The van der Waals surface area contributed by atoms with Crippen LogP contribution in [0.2, 0.25) is 5.02 Å². The Balaban J connectivity index is 1.68. The number of benzene rings is 2. The standard InChI is InChI=1S/C18H14ClN3O3/c1-9-4-16-15(22-18(24)25-16)7-14(9)20-8-11-5-10-6-12(19)2-3-13(10)21-17(11)23/h2-7,20H,8H2,1H3,(H,21,23)(H,22,24). The third-order valence-electron chi connectivity index (χ3n) is 4.12. The van der Waals surface area contributed by atoms with Crippen molar-refractivity contribution < 1.29 is 4.42 Å². The van der Waals surface area contributed by atoms with Crippen LogP contribution in [-0.4, -0.2) is 9.97 Å². The number of nitrogens with one attached hydrogen (secondary N) is 3. The van der Waals surface area contributed by atoms with E-state index >= 15 is 0 Å². The number of aryl methyl sites for hydroxylation is 1. The first kappa shape index (κ1) is 15.5. The smallest absolute Gasteiger partial charge is 0.408 e. The van der Waals surface area contributed by atoms with Gasteiger partial charge in [-0.3, -0.25) is 9.78 Å². The highest BCUT2D eigenvalue weighted by molar-refractivity contribution is 6.31. The highest BCUT2D eigenvalue weighted by atomic mass is 35.5. The average Bonchev–Trinajstić information content (AvgIpc) is 2.92. The molecule has 4 rings (SSSR count). The molecule has 7 heteroatoms. The molecule has 0 saturated heterocycles. The minimum atomic E-state index is -0.491. The summed E-state index contributed by atoms with van der Waals surface area (Å²) in [5.74, 6) is -0.491. The molecule has 0 saturated carbocycles. The van der Waals surface area contributed by atoms with Gasteiger partial charge in [0.1, 0.15) is 0 Å². The Morgan fingerprint density at radius 3 is 2.76 bits per heavy atom. The molecule has 0 bridgehead atoms. The van der Waals surface area contributed by atoms with Gasteiger partial charge in [0.05, 0.1) is 5.52 Å². The number of pyridine rings is 1. The lowest BCUT2D eigenvalue weighted by molar-refractivity contribution is 0.555. The minimum absolute atomic E-state index is 0.155. The number of rotatable bonds is 3. The van der Waals surface area contributed by atoms with Crippen molar-refractivity contribution in [2.75, 3.05) is 5.32 Å². The molecule has 0 unspecified atom stereocenters. The van der Waals surface area contributed by atoms with Crippen molar-refractivity contribution in [1.29, 1.82) is 0 Å². The van der Waals surface area contributed by atoms with Crippen LogP contribution in [-0.2, 0) is 6.54 Å². The molecule has 0 aliphatic rings. The lowest BCUT2D eigenvalue weighted by Crippen LogP contribution is -2.15. The van der Waals surface area contributed by atoms with E-state index in [2.05, 4.69) is 15.3 Å². The van der Waals surface area contributed by atoms with Crippen molar-refractivity contribution in [3.05, 3.63) is 73.5 Å². The van der Waals surface area contributed by atoms with Gasteiger partial charge >= 0.3 is 5.76 Å². The van der Waals surface area contributed by atoms with Crippen molar-refractivity contribution in [2.24, 2.45) is 0 Å². The summed E-state index contributed by atoms with van der Waals surface area (Å²) in [6.45, 7) is 2.24. The van der Waals surface area contributed by atoms with Gasteiger partial charge in [-0.2, -0.15) is 0 Å². The molecule has 126 valence electrons. The molecule has 25 heavy (non-hydrogen) atoms. The number of H-pyrrole nitrogens is 2. The Morgan fingerprint density at radius 1 is 1.08 bits per heavy atom. The maximum atomic E-state index is 12.2. The van der Waals surface area contributed by atoms with Crippen LogP contribution in [0.25, 0.3) is 22.0 Å². The van der Waals surface area contributed by atoms with Crippen LogP contribution >= 0.6 is 11.6 Å². The van der Waals surface area contributed by atoms with E-state index in [1.54, 1.807) is 24.3 Å². The van der Waals surface area contributed by atoms with Gasteiger partial charge in [-0.05, 0) is 48.9 Å². The Hall–Kier alpha value is -2.99. The van der Waals surface area contributed by atoms with Crippen LogP contribution in [0.1, 0.15) is 11.1 Å². The quantitative estimate of drug-likeness (QED) is 0.524. The summed E-state index contributed by atoms with van der Waals surface area (Å²) in [5, 5.41) is 4.72. The van der Waals surface area contributed by atoms with E-state index in [1.165, 1.54) is 0 Å². The Labute approximate surface area is 146 Å². The molecule has 2 heterocycles. The van der Waals surface area contributed by atoms with E-state index in [0.717, 1.165) is 22.2 Å². The monoisotopic (exact) mass is 355 g/mol. The van der Waals surface area contributed by atoms with Crippen molar-refractivity contribution >= 4 is 39.3 Å². The van der Waals surface area contributed by atoms with E-state index in [9.17, 15) is 9.59 Å². The summed E-state index contributed by atoms with van der Waals surface area (Å²) in [6.07, 6.45) is 0. The second-order valence-electron chi connectivity index (χ2n) is 5.89. The zero-order valence-electron chi connectivity index (χ0n) is 13.3. The molecule has 0 fully saturated rings. The molecule has 2 aromatic carbocycles. The molecule has 2 aromatic heterocycles. The predicted molar refractivity (Wildman–Crippen MR) is 98.5 cm³/mol. The topological polar surface area (TPSA) is 90.9 Å². The Morgan fingerprint density at radius 2 is 1.92 bits per heavy atom. The lowest BCUT2D eigenvalue weighted by atomic mass is 10.1. The van der Waals surface area contributed by atoms with Gasteiger partial charge in [0.25, 0.3) is 5.56 Å².